The SMILES string of the molecule is CC1(C)CC=C[C@]2(C)[C@@H]3CCO[C@@H]3C(O[Si](C)(C)C)=C[C@@H]12. The molecule has 0 amide bonds. The Morgan fingerprint density at radius 1 is 1.24 bits per heavy atom. The summed E-state index contributed by atoms with van der Waals surface area (Å²) in [6.07, 6.45) is 9.78. The number of fused-ring (bicyclic) bond motifs is 3. The fraction of sp³-hybridized carbons (Fsp3) is 0.778. The summed E-state index contributed by atoms with van der Waals surface area (Å²) in [4.78, 5) is 0. The predicted molar refractivity (Wildman–Crippen MR) is 89.5 cm³/mol. The normalized spacial score (nSPS) is 41.2. The van der Waals surface area contributed by atoms with Gasteiger partial charge in [-0.25, -0.2) is 0 Å². The van der Waals surface area contributed by atoms with Crippen LogP contribution >= 0.6 is 0 Å². The summed E-state index contributed by atoms with van der Waals surface area (Å²) in [5.74, 6) is 2.25. The van der Waals surface area contributed by atoms with Crippen molar-refractivity contribution in [2.24, 2.45) is 22.7 Å². The molecule has 2 aliphatic carbocycles. The zero-order chi connectivity index (χ0) is 15.5. The van der Waals surface area contributed by atoms with Crippen LogP contribution in [0.1, 0.15) is 33.6 Å². The lowest BCUT2D eigenvalue weighted by Crippen LogP contribution is -2.50. The van der Waals surface area contributed by atoms with Crippen molar-refractivity contribution < 1.29 is 9.16 Å². The van der Waals surface area contributed by atoms with Gasteiger partial charge in [-0.3, -0.25) is 0 Å². The van der Waals surface area contributed by atoms with Crippen LogP contribution < -0.4 is 0 Å². The number of ether oxygens (including phenoxy) is 1. The zero-order valence-electron chi connectivity index (χ0n) is 14.4. The number of rotatable bonds is 2. The third-order valence-corrected chi connectivity index (χ3v) is 6.41. The molecule has 118 valence electrons. The van der Waals surface area contributed by atoms with Crippen molar-refractivity contribution in [1.82, 2.24) is 0 Å². The van der Waals surface area contributed by atoms with Crippen molar-refractivity contribution in [3.05, 3.63) is 24.0 Å². The quantitative estimate of drug-likeness (QED) is 0.541. The zero-order valence-corrected chi connectivity index (χ0v) is 15.4. The van der Waals surface area contributed by atoms with Crippen LogP contribution in [0.2, 0.25) is 19.6 Å². The molecule has 3 heteroatoms. The highest BCUT2D eigenvalue weighted by atomic mass is 28.4. The maximum absolute atomic E-state index is 6.43. The first-order chi connectivity index (χ1) is 9.63. The highest BCUT2D eigenvalue weighted by Gasteiger charge is 2.55. The Morgan fingerprint density at radius 3 is 2.62 bits per heavy atom. The van der Waals surface area contributed by atoms with Gasteiger partial charge in [-0.05, 0) is 55.3 Å². The summed E-state index contributed by atoms with van der Waals surface area (Å²) in [6, 6.07) is 0. The van der Waals surface area contributed by atoms with Crippen LogP contribution in [0.5, 0.6) is 0 Å². The maximum atomic E-state index is 6.43. The van der Waals surface area contributed by atoms with Gasteiger partial charge >= 0.3 is 0 Å². The Kier molecular flexibility index (Phi) is 3.45. The first-order valence-electron chi connectivity index (χ1n) is 8.33. The molecule has 1 saturated heterocycles. The van der Waals surface area contributed by atoms with Gasteiger partial charge in [0.05, 0.1) is 0 Å². The summed E-state index contributed by atoms with van der Waals surface area (Å²) < 4.78 is 12.5. The largest absolute Gasteiger partial charge is 0.546 e. The molecule has 2 nitrogen and oxygen atoms in total. The first kappa shape index (κ1) is 15.4. The van der Waals surface area contributed by atoms with Crippen LogP contribution in [0, 0.1) is 22.7 Å². The minimum atomic E-state index is -1.60. The fourth-order valence-corrected chi connectivity index (χ4v) is 5.55. The molecule has 1 fully saturated rings. The van der Waals surface area contributed by atoms with Crippen molar-refractivity contribution in [1.29, 1.82) is 0 Å². The first-order valence-corrected chi connectivity index (χ1v) is 11.7. The Balaban J connectivity index is 2.05. The maximum Gasteiger partial charge on any atom is 0.241 e. The van der Waals surface area contributed by atoms with E-state index in [9.17, 15) is 0 Å². The van der Waals surface area contributed by atoms with Crippen LogP contribution in [0.15, 0.2) is 24.0 Å². The van der Waals surface area contributed by atoms with E-state index in [0.29, 0.717) is 17.3 Å². The molecule has 0 bridgehead atoms. The number of hydrogen-bond acceptors (Lipinski definition) is 2. The van der Waals surface area contributed by atoms with Crippen LogP contribution in [-0.4, -0.2) is 21.0 Å². The van der Waals surface area contributed by atoms with Gasteiger partial charge in [-0.1, -0.05) is 32.9 Å². The molecule has 0 N–H and O–H groups in total. The van der Waals surface area contributed by atoms with Gasteiger partial charge in [0.15, 0.2) is 0 Å². The van der Waals surface area contributed by atoms with Crippen molar-refractivity contribution in [2.75, 3.05) is 6.61 Å². The van der Waals surface area contributed by atoms with Crippen LogP contribution in [0.3, 0.4) is 0 Å². The van der Waals surface area contributed by atoms with Crippen molar-refractivity contribution in [3.8, 4) is 0 Å². The lowest BCUT2D eigenvalue weighted by Gasteiger charge is -2.53. The van der Waals surface area contributed by atoms with Gasteiger partial charge in [0, 0.05) is 12.5 Å². The third-order valence-electron chi connectivity index (χ3n) is 5.56. The summed E-state index contributed by atoms with van der Waals surface area (Å²) >= 11 is 0. The lowest BCUT2D eigenvalue weighted by atomic mass is 9.52. The van der Waals surface area contributed by atoms with E-state index in [2.05, 4.69) is 58.6 Å². The molecule has 0 aromatic carbocycles. The molecule has 1 aliphatic heterocycles. The van der Waals surface area contributed by atoms with Crippen molar-refractivity contribution in [3.63, 3.8) is 0 Å². The van der Waals surface area contributed by atoms with E-state index in [4.69, 9.17) is 9.16 Å². The van der Waals surface area contributed by atoms with E-state index in [-0.39, 0.29) is 11.5 Å². The smallest absolute Gasteiger partial charge is 0.241 e. The standard InChI is InChI=1S/C18H30O2Si/c1-17(2)9-7-10-18(3)13-8-11-19-16(13)14(12-15(17)18)20-21(4,5)6/h7,10,12-13,15-16H,8-9,11H2,1-6H3/t13-,15+,16+,18-/m1/s1. The second-order valence-electron chi connectivity index (χ2n) is 8.91. The average Bonchev–Trinajstić information content (AvgIpc) is 2.80. The summed E-state index contributed by atoms with van der Waals surface area (Å²) in [7, 11) is -1.60. The van der Waals surface area contributed by atoms with Crippen molar-refractivity contribution in [2.45, 2.75) is 59.4 Å². The van der Waals surface area contributed by atoms with Crippen LogP contribution in [0.4, 0.5) is 0 Å². The summed E-state index contributed by atoms with van der Waals surface area (Å²) in [6.45, 7) is 14.9. The molecule has 4 atom stereocenters. The average molecular weight is 307 g/mol. The highest BCUT2D eigenvalue weighted by Crippen LogP contribution is 2.59. The molecule has 0 aromatic rings. The van der Waals surface area contributed by atoms with Gasteiger partial charge in [-0.15, -0.1) is 0 Å². The molecule has 0 unspecified atom stereocenters. The Morgan fingerprint density at radius 2 is 1.95 bits per heavy atom. The molecule has 1 heterocycles. The minimum Gasteiger partial charge on any atom is -0.546 e. The van der Waals surface area contributed by atoms with Crippen LogP contribution in [0.25, 0.3) is 0 Å². The topological polar surface area (TPSA) is 18.5 Å². The van der Waals surface area contributed by atoms with Crippen molar-refractivity contribution >= 4 is 8.32 Å². The van der Waals surface area contributed by atoms with E-state index < -0.39 is 8.32 Å². The Bertz CT molecular complexity index is 486. The van der Waals surface area contributed by atoms with E-state index in [1.807, 2.05) is 0 Å². The Labute approximate surface area is 130 Å². The van der Waals surface area contributed by atoms with E-state index >= 15 is 0 Å². The van der Waals surface area contributed by atoms with Gasteiger partial charge in [-0.2, -0.15) is 0 Å². The third kappa shape index (κ3) is 2.53. The molecule has 21 heavy (non-hydrogen) atoms. The second kappa shape index (κ2) is 4.72. The summed E-state index contributed by atoms with van der Waals surface area (Å²) in [5, 5.41) is 0. The monoisotopic (exact) mass is 306 g/mol. The molecule has 3 rings (SSSR count). The van der Waals surface area contributed by atoms with E-state index in [1.54, 1.807) is 0 Å². The van der Waals surface area contributed by atoms with Gasteiger partial charge in [0.2, 0.25) is 8.32 Å². The Hall–Kier alpha value is -0.543. The molecule has 0 aromatic heterocycles. The summed E-state index contributed by atoms with van der Waals surface area (Å²) in [5.41, 5.74) is 0.514. The van der Waals surface area contributed by atoms with Gasteiger partial charge in [0.1, 0.15) is 11.9 Å². The van der Waals surface area contributed by atoms with Crippen LogP contribution in [-0.2, 0) is 9.16 Å². The molecule has 0 spiro atoms. The number of allylic oxidation sites excluding steroid dienone is 3. The van der Waals surface area contributed by atoms with Gasteiger partial charge < -0.3 is 9.16 Å². The number of hydrogen-bond donors (Lipinski definition) is 0. The molecular weight excluding hydrogens is 276 g/mol. The molecular formula is C18H30O2Si. The van der Waals surface area contributed by atoms with E-state index in [0.717, 1.165) is 25.2 Å². The second-order valence-corrected chi connectivity index (χ2v) is 13.3. The molecule has 0 radical (unpaired) electrons. The highest BCUT2D eigenvalue weighted by molar-refractivity contribution is 6.70. The lowest BCUT2D eigenvalue weighted by molar-refractivity contribution is -0.00546. The minimum absolute atomic E-state index is 0.177. The molecule has 3 aliphatic rings. The van der Waals surface area contributed by atoms with E-state index in [1.165, 1.54) is 0 Å². The predicted octanol–water partition coefficient (Wildman–Crippen LogP) is 4.75. The molecule has 0 saturated carbocycles. The fourth-order valence-electron chi connectivity index (χ4n) is 4.66. The van der Waals surface area contributed by atoms with Gasteiger partial charge in [0.25, 0.3) is 0 Å².